The van der Waals surface area contributed by atoms with Crippen LogP contribution in [0.2, 0.25) is 0 Å². The Balaban J connectivity index is 2.98. The number of rotatable bonds is 2. The average molecular weight is 256 g/mol. The molecule has 66 valence electrons. The Kier molecular flexibility index (Phi) is 2.63. The maximum Gasteiger partial charge on any atom is 0.488 e. The van der Waals surface area contributed by atoms with E-state index in [1.54, 1.807) is 0 Å². The minimum Gasteiger partial charge on any atom is -0.355 e. The number of hydrogen-bond acceptors (Lipinski definition) is 4. The summed E-state index contributed by atoms with van der Waals surface area (Å²) in [6.07, 6.45) is 1.40. The first-order valence-electron chi connectivity index (χ1n) is 2.73. The summed E-state index contributed by atoms with van der Waals surface area (Å²) in [7, 11) is -4.97. The lowest BCUT2D eigenvalue weighted by molar-refractivity contribution is 0.438. The molecule has 0 saturated heterocycles. The van der Waals surface area contributed by atoms with Gasteiger partial charge in [-0.1, -0.05) is 3.89 Å². The van der Waals surface area contributed by atoms with Gasteiger partial charge in [0, 0.05) is 6.20 Å². The van der Waals surface area contributed by atoms with E-state index in [1.807, 2.05) is 0 Å². The Morgan fingerprint density at radius 1 is 1.58 bits per heavy atom. The highest BCUT2D eigenvalue weighted by molar-refractivity contribution is 9.10. The number of hydrogen-bond donors (Lipinski definition) is 0. The number of aromatic nitrogens is 1. The molecule has 0 radical (unpaired) electrons. The van der Waals surface area contributed by atoms with Crippen LogP contribution in [0.25, 0.3) is 0 Å². The fraction of sp³-hybridized carbons (Fsp3) is 0. The molecule has 0 spiro atoms. The zero-order chi connectivity index (χ0) is 9.19. The van der Waals surface area contributed by atoms with E-state index in [2.05, 4.69) is 25.1 Å². The molecular weight excluding hydrogens is 253 g/mol. The molecule has 1 aromatic rings. The summed E-state index contributed by atoms with van der Waals surface area (Å²) in [5.41, 5.74) is 0. The van der Waals surface area contributed by atoms with Crippen molar-refractivity contribution in [2.75, 3.05) is 0 Å². The summed E-state index contributed by atoms with van der Waals surface area (Å²) in [6.45, 7) is 0. The van der Waals surface area contributed by atoms with E-state index in [-0.39, 0.29) is 10.4 Å². The van der Waals surface area contributed by atoms with Crippen LogP contribution < -0.4 is 4.18 Å². The lowest BCUT2D eigenvalue weighted by atomic mass is 10.5. The molecule has 0 saturated carbocycles. The topological polar surface area (TPSA) is 56.3 Å². The van der Waals surface area contributed by atoms with E-state index in [0.717, 1.165) is 0 Å². The zero-order valence-corrected chi connectivity index (χ0v) is 7.97. The minimum atomic E-state index is -4.97. The second kappa shape index (κ2) is 3.36. The van der Waals surface area contributed by atoms with Crippen LogP contribution in [0, 0.1) is 0 Å². The van der Waals surface area contributed by atoms with Crippen molar-refractivity contribution in [3.8, 4) is 5.75 Å². The predicted molar refractivity (Wildman–Crippen MR) is 42.6 cm³/mol. The first kappa shape index (κ1) is 9.40. The second-order valence-electron chi connectivity index (χ2n) is 1.77. The summed E-state index contributed by atoms with van der Waals surface area (Å²) in [5.74, 6) is -0.181. The molecule has 4 nitrogen and oxygen atoms in total. The highest BCUT2D eigenvalue weighted by atomic mass is 79.9. The van der Waals surface area contributed by atoms with Gasteiger partial charge in [-0.25, -0.2) is 4.98 Å². The zero-order valence-electron chi connectivity index (χ0n) is 5.57. The van der Waals surface area contributed by atoms with Crippen LogP contribution in [0.1, 0.15) is 0 Å². The van der Waals surface area contributed by atoms with Crippen LogP contribution in [0.15, 0.2) is 22.9 Å². The first-order chi connectivity index (χ1) is 5.49. The normalized spacial score (nSPS) is 11.2. The molecule has 1 heterocycles. The second-order valence-corrected chi connectivity index (χ2v) is 3.47. The van der Waals surface area contributed by atoms with Crippen LogP contribution in [0.3, 0.4) is 0 Å². The van der Waals surface area contributed by atoms with Crippen LogP contribution in [0.5, 0.6) is 5.75 Å². The first-order valence-corrected chi connectivity index (χ1v) is 4.84. The van der Waals surface area contributed by atoms with Crippen molar-refractivity contribution in [3.63, 3.8) is 0 Å². The average Bonchev–Trinajstić information content (AvgIpc) is 1.91. The standard InChI is InChI=1S/C5H3BrFNO3S/c6-5-4(2-1-3-8-5)11-12(7,9)10/h1-3H. The summed E-state index contributed by atoms with van der Waals surface area (Å²) in [6, 6.07) is 2.69. The number of pyridine rings is 1. The Morgan fingerprint density at radius 2 is 2.25 bits per heavy atom. The van der Waals surface area contributed by atoms with Crippen LogP contribution in [-0.2, 0) is 10.5 Å². The minimum absolute atomic E-state index is 0.131. The molecule has 0 amide bonds. The van der Waals surface area contributed by atoms with E-state index >= 15 is 0 Å². The van der Waals surface area contributed by atoms with Gasteiger partial charge < -0.3 is 4.18 Å². The monoisotopic (exact) mass is 255 g/mol. The lowest BCUT2D eigenvalue weighted by Crippen LogP contribution is -2.01. The smallest absolute Gasteiger partial charge is 0.355 e. The molecule has 1 aromatic heterocycles. The Morgan fingerprint density at radius 3 is 2.75 bits per heavy atom. The van der Waals surface area contributed by atoms with Crippen molar-refractivity contribution in [1.29, 1.82) is 0 Å². The van der Waals surface area contributed by atoms with Gasteiger partial charge >= 0.3 is 10.5 Å². The third-order valence-corrected chi connectivity index (χ3v) is 1.89. The van der Waals surface area contributed by atoms with Gasteiger partial charge in [0.05, 0.1) is 0 Å². The van der Waals surface area contributed by atoms with E-state index in [4.69, 9.17) is 0 Å². The highest BCUT2D eigenvalue weighted by Crippen LogP contribution is 2.22. The molecule has 1 rings (SSSR count). The van der Waals surface area contributed by atoms with Crippen molar-refractivity contribution < 1.29 is 16.5 Å². The SMILES string of the molecule is O=S(=O)(F)Oc1cccnc1Br. The lowest BCUT2D eigenvalue weighted by Gasteiger charge is -1.99. The van der Waals surface area contributed by atoms with Crippen LogP contribution in [0.4, 0.5) is 3.89 Å². The third kappa shape index (κ3) is 2.74. The summed E-state index contributed by atoms with van der Waals surface area (Å²) < 4.78 is 36.0. The van der Waals surface area contributed by atoms with E-state index < -0.39 is 10.5 Å². The molecule has 12 heavy (non-hydrogen) atoms. The van der Waals surface area contributed by atoms with Gasteiger partial charge in [-0.3, -0.25) is 0 Å². The van der Waals surface area contributed by atoms with Crippen molar-refractivity contribution in [3.05, 3.63) is 22.9 Å². The largest absolute Gasteiger partial charge is 0.488 e. The van der Waals surface area contributed by atoms with Gasteiger partial charge in [0.25, 0.3) is 0 Å². The fourth-order valence-electron chi connectivity index (χ4n) is 0.541. The van der Waals surface area contributed by atoms with Gasteiger partial charge in [0.15, 0.2) is 5.75 Å². The van der Waals surface area contributed by atoms with Gasteiger partial charge in [-0.15, -0.1) is 0 Å². The van der Waals surface area contributed by atoms with Crippen LogP contribution >= 0.6 is 15.9 Å². The number of halogens is 2. The summed E-state index contributed by atoms with van der Waals surface area (Å²) in [5, 5.41) is 0. The maximum absolute atomic E-state index is 12.0. The highest BCUT2D eigenvalue weighted by Gasteiger charge is 2.11. The van der Waals surface area contributed by atoms with E-state index in [1.165, 1.54) is 18.3 Å². The van der Waals surface area contributed by atoms with Gasteiger partial charge in [-0.05, 0) is 28.1 Å². The molecule has 0 aliphatic rings. The van der Waals surface area contributed by atoms with Gasteiger partial charge in [0.2, 0.25) is 0 Å². The Labute approximate surface area is 76.9 Å². The van der Waals surface area contributed by atoms with Gasteiger partial charge in [-0.2, -0.15) is 8.42 Å². The molecule has 0 aromatic carbocycles. The molecule has 0 aliphatic carbocycles. The molecule has 0 bridgehead atoms. The summed E-state index contributed by atoms with van der Waals surface area (Å²) in [4.78, 5) is 3.62. The van der Waals surface area contributed by atoms with E-state index in [0.29, 0.717) is 0 Å². The van der Waals surface area contributed by atoms with E-state index in [9.17, 15) is 12.3 Å². The van der Waals surface area contributed by atoms with Gasteiger partial charge in [0.1, 0.15) is 4.60 Å². The Hall–Kier alpha value is -0.690. The molecule has 0 fully saturated rings. The van der Waals surface area contributed by atoms with Crippen molar-refractivity contribution in [2.24, 2.45) is 0 Å². The maximum atomic E-state index is 12.0. The quantitative estimate of drug-likeness (QED) is 0.593. The molecule has 0 unspecified atom stereocenters. The predicted octanol–water partition coefficient (Wildman–Crippen LogP) is 1.44. The van der Waals surface area contributed by atoms with Crippen molar-refractivity contribution >= 4 is 26.4 Å². The molecule has 0 atom stereocenters. The Bertz CT molecular complexity index is 380. The van der Waals surface area contributed by atoms with Crippen molar-refractivity contribution in [2.45, 2.75) is 0 Å². The van der Waals surface area contributed by atoms with Crippen LogP contribution in [-0.4, -0.2) is 13.4 Å². The molecular formula is C5H3BrFNO3S. The number of nitrogens with zero attached hydrogens (tertiary/aromatic N) is 1. The van der Waals surface area contributed by atoms with Crippen molar-refractivity contribution in [1.82, 2.24) is 4.98 Å². The summed E-state index contributed by atoms with van der Waals surface area (Å²) >= 11 is 2.88. The third-order valence-electron chi connectivity index (χ3n) is 0.914. The molecule has 7 heteroatoms. The molecule has 0 aliphatic heterocycles. The molecule has 0 N–H and O–H groups in total. The fourth-order valence-corrected chi connectivity index (χ4v) is 1.33.